The Labute approximate surface area is 87.0 Å². The van der Waals surface area contributed by atoms with E-state index in [1.54, 1.807) is 6.08 Å². The van der Waals surface area contributed by atoms with Crippen LogP contribution in [0.5, 0.6) is 0 Å². The topological polar surface area (TPSA) is 15.6 Å². The number of aliphatic imine (C=N–C) groups is 1. The van der Waals surface area contributed by atoms with Gasteiger partial charge in [-0.2, -0.15) is 0 Å². The van der Waals surface area contributed by atoms with E-state index in [9.17, 15) is 0 Å². The van der Waals surface area contributed by atoms with E-state index >= 15 is 0 Å². The molecular weight excluding hydrogens is 172 g/mol. The van der Waals surface area contributed by atoms with Crippen molar-refractivity contribution in [1.29, 1.82) is 0 Å². The number of allylic oxidation sites excluding steroid dienone is 2. The Morgan fingerprint density at radius 2 is 2.29 bits per heavy atom. The summed E-state index contributed by atoms with van der Waals surface area (Å²) in [7, 11) is 2.11. The zero-order valence-corrected chi connectivity index (χ0v) is 9.40. The third-order valence-corrected chi connectivity index (χ3v) is 2.73. The highest BCUT2D eigenvalue weighted by Crippen LogP contribution is 2.25. The quantitative estimate of drug-likeness (QED) is 0.628. The monoisotopic (exact) mass is 192 g/mol. The van der Waals surface area contributed by atoms with Gasteiger partial charge in [-0.1, -0.05) is 26.5 Å². The molecule has 1 rings (SSSR count). The second kappa shape index (κ2) is 4.99. The predicted molar refractivity (Wildman–Crippen MR) is 62.3 cm³/mol. The smallest absolute Gasteiger partial charge is 0.107 e. The Morgan fingerprint density at radius 1 is 1.57 bits per heavy atom. The van der Waals surface area contributed by atoms with Crippen LogP contribution in [0, 0.1) is 11.8 Å². The fourth-order valence-electron chi connectivity index (χ4n) is 1.87. The summed E-state index contributed by atoms with van der Waals surface area (Å²) in [6.07, 6.45) is 6.69. The molecular formula is C12H20N2. The van der Waals surface area contributed by atoms with Crippen LogP contribution >= 0.6 is 0 Å². The predicted octanol–water partition coefficient (Wildman–Crippen LogP) is 2.69. The molecule has 0 aromatic heterocycles. The van der Waals surface area contributed by atoms with Crippen molar-refractivity contribution in [3.8, 4) is 0 Å². The number of hydrogen-bond acceptors (Lipinski definition) is 1. The lowest BCUT2D eigenvalue weighted by atomic mass is 9.94. The normalized spacial score (nSPS) is 25.6. The fraction of sp³-hybridized carbons (Fsp3) is 0.583. The highest BCUT2D eigenvalue weighted by molar-refractivity contribution is 5.87. The van der Waals surface area contributed by atoms with Crippen molar-refractivity contribution < 1.29 is 0 Å². The van der Waals surface area contributed by atoms with Gasteiger partial charge in [0.2, 0.25) is 0 Å². The van der Waals surface area contributed by atoms with Crippen molar-refractivity contribution in [3.05, 3.63) is 24.9 Å². The maximum absolute atomic E-state index is 4.49. The molecule has 1 fully saturated rings. The van der Waals surface area contributed by atoms with Crippen LogP contribution in [0.2, 0.25) is 0 Å². The maximum Gasteiger partial charge on any atom is 0.107 e. The van der Waals surface area contributed by atoms with Crippen molar-refractivity contribution in [2.45, 2.75) is 20.3 Å². The third kappa shape index (κ3) is 2.47. The minimum atomic E-state index is 0.620. The van der Waals surface area contributed by atoms with Gasteiger partial charge in [-0.25, -0.2) is 4.99 Å². The summed E-state index contributed by atoms with van der Waals surface area (Å²) >= 11 is 0. The highest BCUT2D eigenvalue weighted by Gasteiger charge is 2.28. The molecule has 0 aromatic rings. The number of amidine groups is 1. The Balaban J connectivity index is 2.75. The minimum absolute atomic E-state index is 0.620. The fourth-order valence-corrected chi connectivity index (χ4v) is 1.87. The number of hydrogen-bond donors (Lipinski definition) is 0. The molecule has 1 heterocycles. The molecule has 0 bridgehead atoms. The van der Waals surface area contributed by atoms with Gasteiger partial charge in [0.1, 0.15) is 5.84 Å². The van der Waals surface area contributed by atoms with E-state index in [2.05, 4.69) is 37.4 Å². The van der Waals surface area contributed by atoms with Crippen molar-refractivity contribution >= 4 is 5.84 Å². The first kappa shape index (κ1) is 11.0. The van der Waals surface area contributed by atoms with Gasteiger partial charge in [-0.15, -0.1) is 0 Å². The molecule has 0 amide bonds. The van der Waals surface area contributed by atoms with Crippen LogP contribution in [0.3, 0.4) is 0 Å². The van der Waals surface area contributed by atoms with Gasteiger partial charge < -0.3 is 4.90 Å². The third-order valence-electron chi connectivity index (χ3n) is 2.73. The molecule has 78 valence electrons. The van der Waals surface area contributed by atoms with Crippen molar-refractivity contribution in [3.63, 3.8) is 0 Å². The summed E-state index contributed by atoms with van der Waals surface area (Å²) in [5.74, 6) is 2.52. The van der Waals surface area contributed by atoms with Crippen LogP contribution < -0.4 is 0 Å². The van der Waals surface area contributed by atoms with Crippen molar-refractivity contribution in [2.24, 2.45) is 16.8 Å². The van der Waals surface area contributed by atoms with E-state index in [0.717, 1.165) is 6.54 Å². The summed E-state index contributed by atoms with van der Waals surface area (Å²) in [6, 6.07) is 0. The molecule has 2 heteroatoms. The molecule has 0 saturated carbocycles. The Morgan fingerprint density at radius 3 is 2.86 bits per heavy atom. The lowest BCUT2D eigenvalue weighted by Gasteiger charge is -2.17. The first-order valence-corrected chi connectivity index (χ1v) is 5.23. The van der Waals surface area contributed by atoms with Gasteiger partial charge in [-0.05, 0) is 18.4 Å². The lowest BCUT2D eigenvalue weighted by molar-refractivity contribution is 0.490. The van der Waals surface area contributed by atoms with E-state index in [1.807, 2.05) is 12.3 Å². The molecule has 0 aliphatic carbocycles. The molecule has 0 aromatic carbocycles. The lowest BCUT2D eigenvalue weighted by Crippen LogP contribution is -2.25. The van der Waals surface area contributed by atoms with E-state index < -0.39 is 0 Å². The number of likely N-dealkylation sites (tertiary alicyclic amines) is 1. The maximum atomic E-state index is 4.49. The summed E-state index contributed by atoms with van der Waals surface area (Å²) in [4.78, 5) is 6.74. The van der Waals surface area contributed by atoms with Crippen molar-refractivity contribution in [1.82, 2.24) is 4.90 Å². The van der Waals surface area contributed by atoms with Gasteiger partial charge in [0.15, 0.2) is 0 Å². The van der Waals surface area contributed by atoms with E-state index in [1.165, 1.54) is 12.3 Å². The summed E-state index contributed by atoms with van der Waals surface area (Å²) in [6.45, 7) is 9.28. The van der Waals surface area contributed by atoms with Gasteiger partial charge in [0, 0.05) is 25.7 Å². The molecule has 0 radical (unpaired) electrons. The molecule has 14 heavy (non-hydrogen) atoms. The van der Waals surface area contributed by atoms with Gasteiger partial charge in [-0.3, -0.25) is 0 Å². The molecule has 1 aliphatic heterocycles. The molecule has 0 spiro atoms. The summed E-state index contributed by atoms with van der Waals surface area (Å²) < 4.78 is 0. The molecule has 0 N–H and O–H groups in total. The van der Waals surface area contributed by atoms with Crippen LogP contribution in [0.4, 0.5) is 0 Å². The molecule has 2 nitrogen and oxygen atoms in total. The molecule has 1 saturated heterocycles. The van der Waals surface area contributed by atoms with E-state index in [0.29, 0.717) is 11.8 Å². The van der Waals surface area contributed by atoms with Crippen LogP contribution in [-0.4, -0.2) is 24.3 Å². The van der Waals surface area contributed by atoms with Crippen LogP contribution in [0.1, 0.15) is 20.3 Å². The SMILES string of the molecule is C=C/C=C\N=C1C(C(C)C)CCN1C. The van der Waals surface area contributed by atoms with Crippen LogP contribution in [0.15, 0.2) is 29.9 Å². The first-order valence-electron chi connectivity index (χ1n) is 5.23. The highest BCUT2D eigenvalue weighted by atomic mass is 15.2. The van der Waals surface area contributed by atoms with Gasteiger partial charge >= 0.3 is 0 Å². The molecule has 1 atom stereocenters. The summed E-state index contributed by atoms with van der Waals surface area (Å²) in [5.41, 5.74) is 0. The standard InChI is InChI=1S/C12H20N2/c1-5-6-8-13-12-11(10(2)3)7-9-14(12)4/h5-6,8,10-11H,1,7,9H2,2-4H3/b8-6-,13-12?. The number of nitrogens with zero attached hydrogens (tertiary/aromatic N) is 2. The number of rotatable bonds is 3. The van der Waals surface area contributed by atoms with Crippen LogP contribution in [0.25, 0.3) is 0 Å². The summed E-state index contributed by atoms with van der Waals surface area (Å²) in [5, 5.41) is 0. The first-order chi connectivity index (χ1) is 6.66. The average Bonchev–Trinajstić information content (AvgIpc) is 2.48. The van der Waals surface area contributed by atoms with Gasteiger partial charge in [0.25, 0.3) is 0 Å². The van der Waals surface area contributed by atoms with E-state index in [-0.39, 0.29) is 0 Å². The second-order valence-corrected chi connectivity index (χ2v) is 4.13. The average molecular weight is 192 g/mol. The minimum Gasteiger partial charge on any atom is -0.363 e. The Bertz CT molecular complexity index is 251. The largest absolute Gasteiger partial charge is 0.363 e. The van der Waals surface area contributed by atoms with E-state index in [4.69, 9.17) is 0 Å². The second-order valence-electron chi connectivity index (χ2n) is 4.13. The van der Waals surface area contributed by atoms with Crippen molar-refractivity contribution in [2.75, 3.05) is 13.6 Å². The Kier molecular flexibility index (Phi) is 3.93. The zero-order chi connectivity index (χ0) is 10.6. The van der Waals surface area contributed by atoms with Gasteiger partial charge in [0.05, 0.1) is 0 Å². The molecule has 1 aliphatic rings. The zero-order valence-electron chi connectivity index (χ0n) is 9.40. The van der Waals surface area contributed by atoms with Crippen LogP contribution in [-0.2, 0) is 0 Å². The molecule has 1 unspecified atom stereocenters. The Hall–Kier alpha value is -1.05.